The predicted octanol–water partition coefficient (Wildman–Crippen LogP) is 0.798. The number of β-amino-alcohol motifs (C(OH)–C–C–N with tert-alkyl or cyclic N) is 1. The largest absolute Gasteiger partial charge is 0.481 e. The molecule has 1 aliphatic heterocycles. The Morgan fingerprint density at radius 3 is 2.53 bits per heavy atom. The number of carboxylic acids is 1. The lowest BCUT2D eigenvalue weighted by Gasteiger charge is -2.32. The SMILES string of the molecule is O=C(NCC1(C(=O)O)CCCC1)N1CCCC(O)C1. The molecule has 2 aliphatic rings. The van der Waals surface area contributed by atoms with Crippen LogP contribution in [0.2, 0.25) is 0 Å². The third kappa shape index (κ3) is 3.18. The molecular formula is C13H22N2O4. The van der Waals surface area contributed by atoms with Gasteiger partial charge in [-0.05, 0) is 25.7 Å². The van der Waals surface area contributed by atoms with Crippen LogP contribution in [0.5, 0.6) is 0 Å². The van der Waals surface area contributed by atoms with Gasteiger partial charge in [0, 0.05) is 19.6 Å². The summed E-state index contributed by atoms with van der Waals surface area (Å²) < 4.78 is 0. The van der Waals surface area contributed by atoms with Gasteiger partial charge < -0.3 is 20.4 Å². The highest BCUT2D eigenvalue weighted by molar-refractivity contribution is 5.78. The van der Waals surface area contributed by atoms with Gasteiger partial charge in [0.15, 0.2) is 0 Å². The van der Waals surface area contributed by atoms with E-state index in [4.69, 9.17) is 0 Å². The van der Waals surface area contributed by atoms with Crippen molar-refractivity contribution < 1.29 is 19.8 Å². The van der Waals surface area contributed by atoms with E-state index in [1.807, 2.05) is 0 Å². The maximum Gasteiger partial charge on any atom is 0.317 e. The number of nitrogens with one attached hydrogen (secondary N) is 1. The normalized spacial score (nSPS) is 26.2. The zero-order valence-corrected chi connectivity index (χ0v) is 11.1. The van der Waals surface area contributed by atoms with Gasteiger partial charge in [0.05, 0.1) is 11.5 Å². The van der Waals surface area contributed by atoms with Crippen LogP contribution in [0.3, 0.4) is 0 Å². The fraction of sp³-hybridized carbons (Fsp3) is 0.846. The number of aliphatic hydroxyl groups excluding tert-OH is 1. The summed E-state index contributed by atoms with van der Waals surface area (Å²) in [4.78, 5) is 24.9. The Labute approximate surface area is 112 Å². The molecule has 0 spiro atoms. The monoisotopic (exact) mass is 270 g/mol. The van der Waals surface area contributed by atoms with E-state index in [0.717, 1.165) is 25.7 Å². The van der Waals surface area contributed by atoms with Crippen molar-refractivity contribution in [2.24, 2.45) is 5.41 Å². The summed E-state index contributed by atoms with van der Waals surface area (Å²) in [6.07, 6.45) is 4.13. The topological polar surface area (TPSA) is 89.9 Å². The number of carbonyl (C=O) groups is 2. The molecule has 108 valence electrons. The highest BCUT2D eigenvalue weighted by atomic mass is 16.4. The second-order valence-corrected chi connectivity index (χ2v) is 5.69. The van der Waals surface area contributed by atoms with Crippen LogP contribution in [0.25, 0.3) is 0 Å². The molecule has 0 aromatic heterocycles. The van der Waals surface area contributed by atoms with Gasteiger partial charge in [0.25, 0.3) is 0 Å². The number of piperidine rings is 1. The quantitative estimate of drug-likeness (QED) is 0.707. The molecule has 6 nitrogen and oxygen atoms in total. The molecule has 1 saturated carbocycles. The zero-order chi connectivity index (χ0) is 13.9. The number of aliphatic carboxylic acids is 1. The number of hydrogen-bond donors (Lipinski definition) is 3. The summed E-state index contributed by atoms with van der Waals surface area (Å²) in [5.74, 6) is -0.816. The van der Waals surface area contributed by atoms with Crippen molar-refractivity contribution in [2.45, 2.75) is 44.6 Å². The number of carbonyl (C=O) groups excluding carboxylic acids is 1. The number of hydrogen-bond acceptors (Lipinski definition) is 3. The number of carboxylic acid groups (broad SMARTS) is 1. The number of urea groups is 1. The second kappa shape index (κ2) is 5.77. The summed E-state index contributed by atoms with van der Waals surface area (Å²) in [5, 5.41) is 21.6. The summed E-state index contributed by atoms with van der Waals surface area (Å²) in [7, 11) is 0. The van der Waals surface area contributed by atoms with Crippen molar-refractivity contribution in [3.05, 3.63) is 0 Å². The van der Waals surface area contributed by atoms with Crippen molar-refractivity contribution in [3.8, 4) is 0 Å². The molecule has 0 aromatic rings. The maximum absolute atomic E-state index is 12.0. The first-order valence-electron chi connectivity index (χ1n) is 6.98. The molecule has 1 atom stereocenters. The van der Waals surface area contributed by atoms with E-state index in [0.29, 0.717) is 25.9 Å². The van der Waals surface area contributed by atoms with Crippen LogP contribution in [-0.2, 0) is 4.79 Å². The molecule has 3 N–H and O–H groups in total. The molecule has 1 saturated heterocycles. The van der Waals surface area contributed by atoms with Crippen molar-refractivity contribution in [1.82, 2.24) is 10.2 Å². The van der Waals surface area contributed by atoms with E-state index in [1.165, 1.54) is 0 Å². The van der Waals surface area contributed by atoms with E-state index in [1.54, 1.807) is 4.90 Å². The molecule has 19 heavy (non-hydrogen) atoms. The Bertz CT molecular complexity index is 353. The van der Waals surface area contributed by atoms with E-state index in [-0.39, 0.29) is 12.6 Å². The number of aliphatic hydroxyl groups is 1. The van der Waals surface area contributed by atoms with Crippen LogP contribution in [0.1, 0.15) is 38.5 Å². The maximum atomic E-state index is 12.0. The van der Waals surface area contributed by atoms with Crippen LogP contribution in [0.15, 0.2) is 0 Å². The minimum Gasteiger partial charge on any atom is -0.481 e. The van der Waals surface area contributed by atoms with Gasteiger partial charge >= 0.3 is 12.0 Å². The summed E-state index contributed by atoms with van der Waals surface area (Å²) in [6, 6.07) is -0.258. The highest BCUT2D eigenvalue weighted by Gasteiger charge is 2.41. The Morgan fingerprint density at radius 1 is 1.26 bits per heavy atom. The molecule has 1 heterocycles. The summed E-state index contributed by atoms with van der Waals surface area (Å²) in [6.45, 7) is 1.16. The lowest BCUT2D eigenvalue weighted by atomic mass is 9.86. The van der Waals surface area contributed by atoms with Gasteiger partial charge in [-0.15, -0.1) is 0 Å². The molecule has 0 aromatic carbocycles. The zero-order valence-electron chi connectivity index (χ0n) is 11.1. The Hall–Kier alpha value is -1.30. The first kappa shape index (κ1) is 14.1. The van der Waals surface area contributed by atoms with Gasteiger partial charge in [-0.3, -0.25) is 4.79 Å². The third-order valence-electron chi connectivity index (χ3n) is 4.28. The lowest BCUT2D eigenvalue weighted by molar-refractivity contribution is -0.148. The molecule has 0 bridgehead atoms. The molecule has 0 radical (unpaired) electrons. The molecule has 2 amide bonds. The van der Waals surface area contributed by atoms with Crippen LogP contribution < -0.4 is 5.32 Å². The fourth-order valence-corrected chi connectivity index (χ4v) is 3.01. The number of amides is 2. The van der Waals surface area contributed by atoms with Crippen LogP contribution in [-0.4, -0.2) is 52.9 Å². The standard InChI is InChI=1S/C13H22N2O4/c16-10-4-3-7-15(8-10)12(19)14-9-13(11(17)18)5-1-2-6-13/h10,16H,1-9H2,(H,14,19)(H,17,18). The minimum atomic E-state index is -0.816. The summed E-state index contributed by atoms with van der Waals surface area (Å²) in [5.41, 5.74) is -0.788. The van der Waals surface area contributed by atoms with Crippen molar-refractivity contribution in [2.75, 3.05) is 19.6 Å². The smallest absolute Gasteiger partial charge is 0.317 e. The summed E-state index contributed by atoms with van der Waals surface area (Å²) >= 11 is 0. The molecule has 1 unspecified atom stereocenters. The highest BCUT2D eigenvalue weighted by Crippen LogP contribution is 2.37. The first-order chi connectivity index (χ1) is 9.03. The fourth-order valence-electron chi connectivity index (χ4n) is 3.01. The minimum absolute atomic E-state index is 0.188. The van der Waals surface area contributed by atoms with Crippen LogP contribution in [0, 0.1) is 5.41 Å². The van der Waals surface area contributed by atoms with E-state index >= 15 is 0 Å². The number of rotatable bonds is 3. The van der Waals surface area contributed by atoms with E-state index in [9.17, 15) is 19.8 Å². The average Bonchev–Trinajstić information content (AvgIpc) is 2.86. The third-order valence-corrected chi connectivity index (χ3v) is 4.28. The van der Waals surface area contributed by atoms with Gasteiger partial charge in [0.2, 0.25) is 0 Å². The predicted molar refractivity (Wildman–Crippen MR) is 68.7 cm³/mol. The van der Waals surface area contributed by atoms with E-state index < -0.39 is 17.5 Å². The molecule has 2 rings (SSSR count). The molecule has 1 aliphatic carbocycles. The Morgan fingerprint density at radius 2 is 1.95 bits per heavy atom. The average molecular weight is 270 g/mol. The van der Waals surface area contributed by atoms with E-state index in [2.05, 4.69) is 5.32 Å². The van der Waals surface area contributed by atoms with Crippen LogP contribution >= 0.6 is 0 Å². The Kier molecular flexibility index (Phi) is 4.29. The molecule has 6 heteroatoms. The van der Waals surface area contributed by atoms with Gasteiger partial charge in [-0.1, -0.05) is 12.8 Å². The number of likely N-dealkylation sites (tertiary alicyclic amines) is 1. The Balaban J connectivity index is 1.87. The molecule has 2 fully saturated rings. The molecular weight excluding hydrogens is 248 g/mol. The van der Waals surface area contributed by atoms with Gasteiger partial charge in [0.1, 0.15) is 0 Å². The van der Waals surface area contributed by atoms with Gasteiger partial charge in [-0.2, -0.15) is 0 Å². The van der Waals surface area contributed by atoms with Crippen molar-refractivity contribution in [1.29, 1.82) is 0 Å². The van der Waals surface area contributed by atoms with Gasteiger partial charge in [-0.25, -0.2) is 4.79 Å². The van der Waals surface area contributed by atoms with Crippen molar-refractivity contribution >= 4 is 12.0 Å². The lowest BCUT2D eigenvalue weighted by Crippen LogP contribution is -2.50. The second-order valence-electron chi connectivity index (χ2n) is 5.69. The number of nitrogens with zero attached hydrogens (tertiary/aromatic N) is 1. The first-order valence-corrected chi connectivity index (χ1v) is 6.98. The van der Waals surface area contributed by atoms with Crippen molar-refractivity contribution in [3.63, 3.8) is 0 Å². The van der Waals surface area contributed by atoms with Crippen LogP contribution in [0.4, 0.5) is 4.79 Å².